The third kappa shape index (κ3) is 2.30. The number of rotatable bonds is 2. The van der Waals surface area contributed by atoms with E-state index in [-0.39, 0.29) is 0 Å². The van der Waals surface area contributed by atoms with E-state index < -0.39 is 0 Å². The van der Waals surface area contributed by atoms with Crippen molar-refractivity contribution in [1.29, 1.82) is 0 Å². The second-order valence-electron chi connectivity index (χ2n) is 4.78. The van der Waals surface area contributed by atoms with Crippen LogP contribution in [0.15, 0.2) is 36.4 Å². The topological polar surface area (TPSA) is 42.1 Å². The van der Waals surface area contributed by atoms with Gasteiger partial charge < -0.3 is 5.73 Å². The second kappa shape index (κ2) is 4.43. The zero-order chi connectivity index (χ0) is 11.7. The maximum absolute atomic E-state index is 5.91. The fourth-order valence-electron chi connectivity index (χ4n) is 2.43. The Morgan fingerprint density at radius 1 is 1.24 bits per heavy atom. The van der Waals surface area contributed by atoms with Gasteiger partial charge in [0.25, 0.3) is 0 Å². The molecular weight excluding hydrogens is 210 g/mol. The minimum Gasteiger partial charge on any atom is -0.326 e. The highest BCUT2D eigenvalue weighted by molar-refractivity contribution is 5.78. The highest BCUT2D eigenvalue weighted by atomic mass is 15.2. The Morgan fingerprint density at radius 2 is 2.12 bits per heavy atom. The third-order valence-corrected chi connectivity index (χ3v) is 3.35. The van der Waals surface area contributed by atoms with Gasteiger partial charge in [0.1, 0.15) is 0 Å². The van der Waals surface area contributed by atoms with Crippen molar-refractivity contribution in [3.63, 3.8) is 0 Å². The number of aromatic nitrogens is 1. The molecule has 1 saturated heterocycles. The molecular formula is C14H17N3. The van der Waals surface area contributed by atoms with Crippen molar-refractivity contribution in [3.8, 4) is 0 Å². The minimum absolute atomic E-state index is 0.343. The summed E-state index contributed by atoms with van der Waals surface area (Å²) in [6.45, 7) is 3.00. The molecule has 2 heterocycles. The summed E-state index contributed by atoms with van der Waals surface area (Å²) in [5.74, 6) is 0. The van der Waals surface area contributed by atoms with Crippen LogP contribution in [0.4, 0.5) is 0 Å². The van der Waals surface area contributed by atoms with Gasteiger partial charge in [0.15, 0.2) is 0 Å². The average molecular weight is 227 g/mol. The number of benzene rings is 1. The minimum atomic E-state index is 0.343. The van der Waals surface area contributed by atoms with Gasteiger partial charge in [-0.2, -0.15) is 0 Å². The SMILES string of the molecule is NC1CCN(Cc2ccc3ccccc3n2)C1. The predicted octanol–water partition coefficient (Wildman–Crippen LogP) is 1.77. The Labute approximate surface area is 101 Å². The molecule has 0 spiro atoms. The summed E-state index contributed by atoms with van der Waals surface area (Å²) >= 11 is 0. The monoisotopic (exact) mass is 227 g/mol. The largest absolute Gasteiger partial charge is 0.326 e. The van der Waals surface area contributed by atoms with Crippen LogP contribution in [0.25, 0.3) is 10.9 Å². The summed E-state index contributed by atoms with van der Waals surface area (Å²) in [4.78, 5) is 7.06. The van der Waals surface area contributed by atoms with E-state index in [0.717, 1.165) is 37.3 Å². The Kier molecular flexibility index (Phi) is 2.79. The van der Waals surface area contributed by atoms with Crippen molar-refractivity contribution in [2.75, 3.05) is 13.1 Å². The first kappa shape index (κ1) is 10.7. The highest BCUT2D eigenvalue weighted by Crippen LogP contribution is 2.15. The number of hydrogen-bond donors (Lipinski definition) is 1. The van der Waals surface area contributed by atoms with Crippen LogP contribution >= 0.6 is 0 Å². The normalized spacial score (nSPS) is 21.1. The lowest BCUT2D eigenvalue weighted by atomic mass is 10.2. The quantitative estimate of drug-likeness (QED) is 0.850. The number of para-hydroxylation sites is 1. The number of hydrogen-bond acceptors (Lipinski definition) is 3. The predicted molar refractivity (Wildman–Crippen MR) is 69.6 cm³/mol. The summed E-state index contributed by atoms with van der Waals surface area (Å²) in [6.07, 6.45) is 1.10. The lowest BCUT2D eigenvalue weighted by molar-refractivity contribution is 0.323. The van der Waals surface area contributed by atoms with Gasteiger partial charge in [-0.05, 0) is 18.6 Å². The van der Waals surface area contributed by atoms with Gasteiger partial charge in [-0.15, -0.1) is 0 Å². The maximum Gasteiger partial charge on any atom is 0.0705 e. The van der Waals surface area contributed by atoms with Gasteiger partial charge >= 0.3 is 0 Å². The zero-order valence-corrected chi connectivity index (χ0v) is 9.84. The molecule has 1 aliphatic heterocycles. The van der Waals surface area contributed by atoms with E-state index in [0.29, 0.717) is 6.04 Å². The summed E-state index contributed by atoms with van der Waals surface area (Å²) in [5, 5.41) is 1.20. The van der Waals surface area contributed by atoms with E-state index in [2.05, 4.69) is 34.1 Å². The van der Waals surface area contributed by atoms with Crippen molar-refractivity contribution < 1.29 is 0 Å². The van der Waals surface area contributed by atoms with Crippen molar-refractivity contribution in [3.05, 3.63) is 42.1 Å². The molecule has 2 aromatic rings. The highest BCUT2D eigenvalue weighted by Gasteiger charge is 2.19. The van der Waals surface area contributed by atoms with Crippen molar-refractivity contribution >= 4 is 10.9 Å². The molecule has 1 aromatic carbocycles. The van der Waals surface area contributed by atoms with Crippen LogP contribution < -0.4 is 5.73 Å². The lowest BCUT2D eigenvalue weighted by Crippen LogP contribution is -2.26. The van der Waals surface area contributed by atoms with Crippen molar-refractivity contribution in [1.82, 2.24) is 9.88 Å². The van der Waals surface area contributed by atoms with E-state index in [1.165, 1.54) is 5.39 Å². The van der Waals surface area contributed by atoms with E-state index >= 15 is 0 Å². The van der Waals surface area contributed by atoms with Crippen LogP contribution in [0.1, 0.15) is 12.1 Å². The van der Waals surface area contributed by atoms with Crippen LogP contribution in [-0.4, -0.2) is 29.0 Å². The Bertz CT molecular complexity index is 524. The van der Waals surface area contributed by atoms with E-state index in [9.17, 15) is 0 Å². The Morgan fingerprint density at radius 3 is 2.94 bits per heavy atom. The van der Waals surface area contributed by atoms with Crippen molar-refractivity contribution in [2.45, 2.75) is 19.0 Å². The molecule has 0 saturated carbocycles. The van der Waals surface area contributed by atoms with Crippen LogP contribution in [-0.2, 0) is 6.54 Å². The summed E-state index contributed by atoms with van der Waals surface area (Å²) < 4.78 is 0. The molecule has 1 unspecified atom stereocenters. The first-order chi connectivity index (χ1) is 8.31. The molecule has 3 nitrogen and oxygen atoms in total. The molecule has 88 valence electrons. The second-order valence-corrected chi connectivity index (χ2v) is 4.78. The first-order valence-corrected chi connectivity index (χ1v) is 6.14. The van der Waals surface area contributed by atoms with Crippen LogP contribution in [0, 0.1) is 0 Å². The van der Waals surface area contributed by atoms with Crippen LogP contribution in [0.5, 0.6) is 0 Å². The molecule has 3 heteroatoms. The molecule has 1 aromatic heterocycles. The fourth-order valence-corrected chi connectivity index (χ4v) is 2.43. The van der Waals surface area contributed by atoms with Gasteiger partial charge in [0, 0.05) is 31.1 Å². The standard InChI is InChI=1S/C14H17N3/c15-12-7-8-17(9-12)10-13-6-5-11-3-1-2-4-14(11)16-13/h1-6,12H,7-10,15H2. The molecule has 0 bridgehead atoms. The van der Waals surface area contributed by atoms with Gasteiger partial charge in [-0.1, -0.05) is 24.3 Å². The molecule has 1 aliphatic rings. The summed E-state index contributed by atoms with van der Waals surface area (Å²) in [6, 6.07) is 12.8. The molecule has 0 aliphatic carbocycles. The molecule has 0 radical (unpaired) electrons. The summed E-state index contributed by atoms with van der Waals surface area (Å²) in [5.41, 5.74) is 8.12. The molecule has 17 heavy (non-hydrogen) atoms. The molecule has 0 amide bonds. The smallest absolute Gasteiger partial charge is 0.0705 e. The van der Waals surface area contributed by atoms with Crippen molar-refractivity contribution in [2.24, 2.45) is 5.73 Å². The van der Waals surface area contributed by atoms with E-state index in [1.54, 1.807) is 0 Å². The maximum atomic E-state index is 5.91. The Balaban J connectivity index is 1.81. The number of fused-ring (bicyclic) bond motifs is 1. The third-order valence-electron chi connectivity index (χ3n) is 3.35. The zero-order valence-electron chi connectivity index (χ0n) is 9.84. The van der Waals surface area contributed by atoms with E-state index in [4.69, 9.17) is 5.73 Å². The van der Waals surface area contributed by atoms with Gasteiger partial charge in [0.2, 0.25) is 0 Å². The van der Waals surface area contributed by atoms with Gasteiger partial charge in [-0.25, -0.2) is 0 Å². The molecule has 1 atom stereocenters. The number of nitrogens with two attached hydrogens (primary N) is 1. The van der Waals surface area contributed by atoms with Crippen LogP contribution in [0.2, 0.25) is 0 Å². The average Bonchev–Trinajstić information content (AvgIpc) is 2.75. The fraction of sp³-hybridized carbons (Fsp3) is 0.357. The summed E-state index contributed by atoms with van der Waals surface area (Å²) in [7, 11) is 0. The molecule has 3 rings (SSSR count). The van der Waals surface area contributed by atoms with E-state index in [1.807, 2.05) is 12.1 Å². The molecule has 1 fully saturated rings. The Hall–Kier alpha value is -1.45. The number of likely N-dealkylation sites (tertiary alicyclic amines) is 1. The van der Waals surface area contributed by atoms with Gasteiger partial charge in [0.05, 0.1) is 11.2 Å². The lowest BCUT2D eigenvalue weighted by Gasteiger charge is -2.14. The van der Waals surface area contributed by atoms with Gasteiger partial charge in [-0.3, -0.25) is 9.88 Å². The number of pyridine rings is 1. The number of nitrogens with zero attached hydrogens (tertiary/aromatic N) is 2. The molecule has 2 N–H and O–H groups in total. The first-order valence-electron chi connectivity index (χ1n) is 6.14. The van der Waals surface area contributed by atoms with Crippen LogP contribution in [0.3, 0.4) is 0 Å².